The zero-order chi connectivity index (χ0) is 20.5. The van der Waals surface area contributed by atoms with Crippen LogP contribution in [0.5, 0.6) is 17.2 Å². The number of ketones is 1. The van der Waals surface area contributed by atoms with Gasteiger partial charge in [-0.1, -0.05) is 20.8 Å². The summed E-state index contributed by atoms with van der Waals surface area (Å²) in [4.78, 5) is 37.2. The van der Waals surface area contributed by atoms with Gasteiger partial charge in [-0.2, -0.15) is 0 Å². The molecule has 0 radical (unpaired) electrons. The van der Waals surface area contributed by atoms with Crippen molar-refractivity contribution in [2.75, 3.05) is 0 Å². The summed E-state index contributed by atoms with van der Waals surface area (Å²) in [5, 5.41) is 31.2. The first-order chi connectivity index (χ1) is 12.3. The molecule has 1 aliphatic carbocycles. The third-order valence-corrected chi connectivity index (χ3v) is 6.17. The summed E-state index contributed by atoms with van der Waals surface area (Å²) in [6.45, 7) is 8.21. The molecule has 1 aromatic rings. The number of phenols is 2. The lowest BCUT2D eigenvalue weighted by molar-refractivity contribution is -0.154. The third-order valence-electron chi connectivity index (χ3n) is 6.17. The molecule has 1 heterocycles. The lowest BCUT2D eigenvalue weighted by Crippen LogP contribution is -2.52. The van der Waals surface area contributed by atoms with E-state index < -0.39 is 34.5 Å². The number of Topliss-reactive ketones (excluding diaryl/α,β-unsaturated/α-hetero) is 1. The van der Waals surface area contributed by atoms with Gasteiger partial charge in [-0.05, 0) is 25.7 Å². The Labute approximate surface area is 157 Å². The Hall–Kier alpha value is -2.57. The molecule has 2 atom stereocenters. The first-order valence-corrected chi connectivity index (χ1v) is 8.93. The van der Waals surface area contributed by atoms with Crippen molar-refractivity contribution in [1.29, 1.82) is 0 Å². The summed E-state index contributed by atoms with van der Waals surface area (Å²) in [5.74, 6) is -3.96. The number of hydrogen-bond donors (Lipinski definition) is 3. The van der Waals surface area contributed by atoms with Crippen LogP contribution in [-0.2, 0) is 15.0 Å². The van der Waals surface area contributed by atoms with Gasteiger partial charge in [0.25, 0.3) is 0 Å². The Bertz CT molecular complexity index is 881. The highest BCUT2D eigenvalue weighted by molar-refractivity contribution is 6.05. The summed E-state index contributed by atoms with van der Waals surface area (Å²) in [7, 11) is 0. The van der Waals surface area contributed by atoms with Gasteiger partial charge in [-0.3, -0.25) is 14.4 Å². The second-order valence-electron chi connectivity index (χ2n) is 8.62. The second-order valence-corrected chi connectivity index (χ2v) is 8.62. The van der Waals surface area contributed by atoms with E-state index in [0.717, 1.165) is 0 Å². The molecule has 7 nitrogen and oxygen atoms in total. The number of carbonyl (C=O) groups is 3. The molecule has 1 aromatic carbocycles. The number of ether oxygens (including phenoxy) is 1. The lowest BCUT2D eigenvalue weighted by atomic mass is 9.53. The van der Waals surface area contributed by atoms with E-state index >= 15 is 0 Å². The Morgan fingerprint density at radius 3 is 2.33 bits per heavy atom. The van der Waals surface area contributed by atoms with Crippen molar-refractivity contribution in [3.05, 3.63) is 16.7 Å². The quantitative estimate of drug-likeness (QED) is 0.547. The van der Waals surface area contributed by atoms with E-state index in [1.807, 2.05) is 0 Å². The average molecular weight is 376 g/mol. The van der Waals surface area contributed by atoms with Crippen molar-refractivity contribution in [1.82, 2.24) is 0 Å². The van der Waals surface area contributed by atoms with Gasteiger partial charge in [0.15, 0.2) is 17.3 Å². The topological polar surface area (TPSA) is 121 Å². The second kappa shape index (κ2) is 5.71. The van der Waals surface area contributed by atoms with Crippen LogP contribution in [0.1, 0.15) is 74.9 Å². The lowest BCUT2D eigenvalue weighted by Gasteiger charge is -2.49. The summed E-state index contributed by atoms with van der Waals surface area (Å²) in [5.41, 5.74) is -1.97. The van der Waals surface area contributed by atoms with Crippen molar-refractivity contribution in [2.45, 2.75) is 58.8 Å². The Kier molecular flexibility index (Phi) is 4.06. The van der Waals surface area contributed by atoms with Gasteiger partial charge in [0.2, 0.25) is 0 Å². The number of aromatic hydroxyl groups is 2. The zero-order valence-corrected chi connectivity index (χ0v) is 16.0. The van der Waals surface area contributed by atoms with Crippen LogP contribution in [-0.4, -0.2) is 33.0 Å². The van der Waals surface area contributed by atoms with Crippen molar-refractivity contribution >= 4 is 17.7 Å². The van der Waals surface area contributed by atoms with Crippen LogP contribution in [0.4, 0.5) is 0 Å². The van der Waals surface area contributed by atoms with Crippen LogP contribution in [0.2, 0.25) is 0 Å². The molecule has 7 heteroatoms. The van der Waals surface area contributed by atoms with E-state index in [9.17, 15) is 29.7 Å². The maximum Gasteiger partial charge on any atom is 0.312 e. The molecule has 0 fully saturated rings. The fourth-order valence-corrected chi connectivity index (χ4v) is 4.73. The monoisotopic (exact) mass is 376 g/mol. The molecule has 0 aromatic heterocycles. The Morgan fingerprint density at radius 2 is 1.81 bits per heavy atom. The minimum atomic E-state index is -1.31. The molecule has 0 saturated heterocycles. The molecule has 3 N–H and O–H groups in total. The number of esters is 1. The molecule has 2 unspecified atom stereocenters. The van der Waals surface area contributed by atoms with Crippen LogP contribution in [0.25, 0.3) is 0 Å². The SMILES string of the molecule is CC(C)c1c(O)c2c3c(c1O)C(=O)CC(C(C)(C)C(=O)O)C3(C)CC(=O)O2. The van der Waals surface area contributed by atoms with Crippen LogP contribution >= 0.6 is 0 Å². The van der Waals surface area contributed by atoms with Gasteiger partial charge < -0.3 is 20.1 Å². The van der Waals surface area contributed by atoms with Gasteiger partial charge in [-0.15, -0.1) is 0 Å². The predicted molar refractivity (Wildman–Crippen MR) is 95.3 cm³/mol. The summed E-state index contributed by atoms with van der Waals surface area (Å²) in [6.07, 6.45) is -0.257. The van der Waals surface area contributed by atoms with Crippen molar-refractivity contribution in [3.63, 3.8) is 0 Å². The molecule has 146 valence electrons. The van der Waals surface area contributed by atoms with Crippen LogP contribution < -0.4 is 4.74 Å². The largest absolute Gasteiger partial charge is 0.507 e. The third kappa shape index (κ3) is 2.44. The van der Waals surface area contributed by atoms with E-state index in [-0.39, 0.29) is 52.7 Å². The minimum Gasteiger partial charge on any atom is -0.507 e. The molecular formula is C20H24O7. The highest BCUT2D eigenvalue weighted by Crippen LogP contribution is 2.61. The Balaban J connectivity index is 2.42. The van der Waals surface area contributed by atoms with E-state index in [1.54, 1.807) is 20.8 Å². The zero-order valence-electron chi connectivity index (χ0n) is 16.0. The first kappa shape index (κ1) is 19.2. The number of carboxylic acids is 1. The van der Waals surface area contributed by atoms with Crippen LogP contribution in [0.15, 0.2) is 0 Å². The molecular weight excluding hydrogens is 352 g/mol. The van der Waals surface area contributed by atoms with E-state index in [2.05, 4.69) is 0 Å². The van der Waals surface area contributed by atoms with E-state index in [0.29, 0.717) is 0 Å². The van der Waals surface area contributed by atoms with Gasteiger partial charge in [-0.25, -0.2) is 0 Å². The minimum absolute atomic E-state index is 0.0268. The fourth-order valence-electron chi connectivity index (χ4n) is 4.73. The maximum absolute atomic E-state index is 13.0. The highest BCUT2D eigenvalue weighted by Gasteiger charge is 2.58. The molecule has 3 rings (SSSR count). The highest BCUT2D eigenvalue weighted by atomic mass is 16.5. The van der Waals surface area contributed by atoms with Gasteiger partial charge in [0.05, 0.1) is 17.4 Å². The first-order valence-electron chi connectivity index (χ1n) is 8.93. The average Bonchev–Trinajstić information content (AvgIpc) is 2.52. The standard InChI is InChI=1S/C20H24O7/c1-8(2)12-15(23)13-9(21)6-10(19(3,4)18(25)26)20(5)7-11(22)27-17(14(13)20)16(12)24/h8,10,23-24H,6-7H2,1-5H3,(H,25,26). The molecule has 0 spiro atoms. The van der Waals surface area contributed by atoms with E-state index in [1.165, 1.54) is 13.8 Å². The maximum atomic E-state index is 13.0. The predicted octanol–water partition coefficient (Wildman–Crippen LogP) is 3.10. The van der Waals surface area contributed by atoms with Gasteiger partial charge in [0.1, 0.15) is 5.75 Å². The van der Waals surface area contributed by atoms with Gasteiger partial charge in [0, 0.05) is 23.0 Å². The van der Waals surface area contributed by atoms with Crippen molar-refractivity contribution in [2.24, 2.45) is 11.3 Å². The number of benzene rings is 1. The number of carbonyl (C=O) groups excluding carboxylic acids is 2. The molecule has 0 amide bonds. The fraction of sp³-hybridized carbons (Fsp3) is 0.550. The molecule has 1 aliphatic heterocycles. The number of hydrogen-bond acceptors (Lipinski definition) is 6. The normalized spacial score (nSPS) is 24.6. The number of rotatable bonds is 3. The summed E-state index contributed by atoms with van der Waals surface area (Å²) >= 11 is 0. The molecule has 2 aliphatic rings. The number of aliphatic carboxylic acids is 1. The molecule has 27 heavy (non-hydrogen) atoms. The number of phenolic OH excluding ortho intramolecular Hbond substituents is 2. The van der Waals surface area contributed by atoms with Crippen molar-refractivity contribution in [3.8, 4) is 17.2 Å². The summed E-state index contributed by atoms with van der Waals surface area (Å²) in [6, 6.07) is 0. The number of carboxylic acid groups (broad SMARTS) is 1. The van der Waals surface area contributed by atoms with Crippen LogP contribution in [0.3, 0.4) is 0 Å². The van der Waals surface area contributed by atoms with Crippen LogP contribution in [0, 0.1) is 11.3 Å². The smallest absolute Gasteiger partial charge is 0.312 e. The molecule has 0 bridgehead atoms. The molecule has 0 saturated carbocycles. The van der Waals surface area contributed by atoms with Gasteiger partial charge >= 0.3 is 11.9 Å². The van der Waals surface area contributed by atoms with E-state index in [4.69, 9.17) is 4.74 Å². The van der Waals surface area contributed by atoms with Crippen molar-refractivity contribution < 1.29 is 34.4 Å². The Morgan fingerprint density at radius 1 is 1.22 bits per heavy atom. The summed E-state index contributed by atoms with van der Waals surface area (Å²) < 4.78 is 5.29.